The minimum absolute atomic E-state index is 0.0494. The molecule has 3 aliphatic heterocycles. The summed E-state index contributed by atoms with van der Waals surface area (Å²) in [7, 11) is 3.17. The Bertz CT molecular complexity index is 1350. The Hall–Kier alpha value is -3.76. The summed E-state index contributed by atoms with van der Waals surface area (Å²) in [5.74, 6) is 0.575. The highest BCUT2D eigenvalue weighted by Gasteiger charge is 2.42. The lowest BCUT2D eigenvalue weighted by Crippen LogP contribution is -2.39. The van der Waals surface area contributed by atoms with Gasteiger partial charge in [0.25, 0.3) is 0 Å². The molecule has 40 heavy (non-hydrogen) atoms. The van der Waals surface area contributed by atoms with Gasteiger partial charge in [-0.1, -0.05) is 42.1 Å². The number of esters is 1. The zero-order valence-corrected chi connectivity index (χ0v) is 23.7. The number of thioether (sulfide) groups is 1. The third-order valence-electron chi connectivity index (χ3n) is 7.06. The standard InChI is InChI=1S/C30H33N3O6S/c1-19-27(29(35)39-17-20-8-5-4-6-9-20)28(24-15-22(36-2)11-12-25(24)37-3)33-21(18-40-30(33)32-19)14-26(34)31-16-23-10-7-13-38-23/h4-6,8-9,11-12,15,18,23,28H,7,10,13-14,16-17H2,1-3H3,(H,31,34)/t23-,28+/m0/s1. The minimum Gasteiger partial charge on any atom is -0.497 e. The lowest BCUT2D eigenvalue weighted by Gasteiger charge is -2.37. The fraction of sp³-hybridized carbons (Fsp3) is 0.367. The number of amides is 1. The number of rotatable bonds is 10. The number of ether oxygens (including phenoxy) is 4. The molecule has 210 valence electrons. The maximum absolute atomic E-state index is 13.7. The topological polar surface area (TPSA) is 98.7 Å². The second-order valence-electron chi connectivity index (χ2n) is 9.68. The summed E-state index contributed by atoms with van der Waals surface area (Å²) in [5, 5.41) is 5.58. The highest BCUT2D eigenvalue weighted by atomic mass is 32.2. The number of amidine groups is 1. The molecule has 2 aromatic carbocycles. The van der Waals surface area contributed by atoms with Gasteiger partial charge in [0, 0.05) is 24.4 Å². The van der Waals surface area contributed by atoms with Crippen LogP contribution in [0.3, 0.4) is 0 Å². The average Bonchev–Trinajstić information content (AvgIpc) is 3.64. The van der Waals surface area contributed by atoms with E-state index in [4.69, 9.17) is 23.9 Å². The molecule has 3 heterocycles. The number of aliphatic imine (C=N–C) groups is 1. The highest BCUT2D eigenvalue weighted by molar-refractivity contribution is 8.16. The lowest BCUT2D eigenvalue weighted by atomic mass is 9.92. The predicted octanol–water partition coefficient (Wildman–Crippen LogP) is 4.71. The van der Waals surface area contributed by atoms with Crippen molar-refractivity contribution < 1.29 is 28.5 Å². The molecule has 0 radical (unpaired) electrons. The van der Waals surface area contributed by atoms with E-state index in [0.29, 0.717) is 40.0 Å². The van der Waals surface area contributed by atoms with Crippen molar-refractivity contribution in [3.05, 3.63) is 82.0 Å². The van der Waals surface area contributed by atoms with Crippen LogP contribution in [0, 0.1) is 0 Å². The largest absolute Gasteiger partial charge is 0.497 e. The summed E-state index contributed by atoms with van der Waals surface area (Å²) in [5.41, 5.74) is 3.23. The van der Waals surface area contributed by atoms with E-state index < -0.39 is 12.0 Å². The molecule has 0 spiro atoms. The molecule has 1 saturated heterocycles. The number of carbonyl (C=O) groups excluding carboxylic acids is 2. The molecule has 0 bridgehead atoms. The van der Waals surface area contributed by atoms with Gasteiger partial charge in [0.1, 0.15) is 18.1 Å². The van der Waals surface area contributed by atoms with Crippen molar-refractivity contribution in [1.82, 2.24) is 10.2 Å². The number of hydrogen-bond acceptors (Lipinski definition) is 9. The fourth-order valence-corrected chi connectivity index (χ4v) is 6.00. The molecule has 1 fully saturated rings. The van der Waals surface area contributed by atoms with Crippen LogP contribution in [0.15, 0.2) is 75.9 Å². The molecule has 1 amide bonds. The Morgan fingerprint density at radius 2 is 1.98 bits per heavy atom. The second kappa shape index (κ2) is 12.6. The molecule has 10 heteroatoms. The Balaban J connectivity index is 1.46. The molecule has 2 atom stereocenters. The van der Waals surface area contributed by atoms with Gasteiger partial charge < -0.3 is 29.2 Å². The van der Waals surface area contributed by atoms with Gasteiger partial charge in [-0.3, -0.25) is 4.79 Å². The van der Waals surface area contributed by atoms with E-state index in [9.17, 15) is 9.59 Å². The van der Waals surface area contributed by atoms with Crippen molar-refractivity contribution in [3.8, 4) is 11.5 Å². The molecule has 9 nitrogen and oxygen atoms in total. The van der Waals surface area contributed by atoms with Crippen LogP contribution in [0.4, 0.5) is 0 Å². The molecule has 0 unspecified atom stereocenters. The van der Waals surface area contributed by atoms with Crippen LogP contribution in [0.25, 0.3) is 0 Å². The molecular weight excluding hydrogens is 530 g/mol. The molecule has 0 aliphatic carbocycles. The Labute approximate surface area is 238 Å². The average molecular weight is 564 g/mol. The number of fused-ring (bicyclic) bond motifs is 1. The van der Waals surface area contributed by atoms with Crippen LogP contribution < -0.4 is 14.8 Å². The van der Waals surface area contributed by atoms with Gasteiger partial charge in [-0.05, 0) is 48.9 Å². The van der Waals surface area contributed by atoms with E-state index in [0.717, 1.165) is 30.7 Å². The van der Waals surface area contributed by atoms with Crippen LogP contribution in [-0.4, -0.2) is 55.4 Å². The Morgan fingerprint density at radius 3 is 2.70 bits per heavy atom. The van der Waals surface area contributed by atoms with Gasteiger partial charge in [0.05, 0.1) is 44.1 Å². The number of methoxy groups -OCH3 is 2. The minimum atomic E-state index is -0.645. The number of benzene rings is 2. The zero-order chi connectivity index (χ0) is 28.1. The van der Waals surface area contributed by atoms with Crippen LogP contribution in [0.2, 0.25) is 0 Å². The van der Waals surface area contributed by atoms with E-state index >= 15 is 0 Å². The Kier molecular flexibility index (Phi) is 8.76. The van der Waals surface area contributed by atoms with E-state index in [1.807, 2.05) is 52.8 Å². The predicted molar refractivity (Wildman–Crippen MR) is 153 cm³/mol. The quantitative estimate of drug-likeness (QED) is 0.415. The molecule has 1 N–H and O–H groups in total. The van der Waals surface area contributed by atoms with E-state index in [1.165, 1.54) is 11.8 Å². The summed E-state index contributed by atoms with van der Waals surface area (Å²) in [6.45, 7) is 3.13. The first-order valence-corrected chi connectivity index (χ1v) is 14.1. The monoisotopic (exact) mass is 563 g/mol. The highest BCUT2D eigenvalue weighted by Crippen LogP contribution is 2.47. The van der Waals surface area contributed by atoms with Crippen molar-refractivity contribution in [2.24, 2.45) is 4.99 Å². The number of carbonyl (C=O) groups is 2. The number of hydrogen-bond donors (Lipinski definition) is 1. The van der Waals surface area contributed by atoms with E-state index in [-0.39, 0.29) is 25.0 Å². The van der Waals surface area contributed by atoms with Crippen molar-refractivity contribution in [2.75, 3.05) is 27.4 Å². The van der Waals surface area contributed by atoms with Gasteiger partial charge in [0.15, 0.2) is 5.17 Å². The van der Waals surface area contributed by atoms with Gasteiger partial charge in [-0.25, -0.2) is 9.79 Å². The van der Waals surface area contributed by atoms with Crippen LogP contribution >= 0.6 is 11.8 Å². The zero-order valence-electron chi connectivity index (χ0n) is 22.8. The summed E-state index contributed by atoms with van der Waals surface area (Å²) >= 11 is 1.42. The van der Waals surface area contributed by atoms with Crippen molar-refractivity contribution in [1.29, 1.82) is 0 Å². The third kappa shape index (κ3) is 6.03. The first kappa shape index (κ1) is 27.8. The molecule has 2 aromatic rings. The fourth-order valence-electron chi connectivity index (χ4n) is 5.04. The smallest absolute Gasteiger partial charge is 0.338 e. The SMILES string of the molecule is COc1ccc(OC)c([C@@H]2C(C(=O)OCc3ccccc3)=C(C)N=C3SC=C(CC(=O)NC[C@@H]4CCCO4)N32)c1. The second-order valence-corrected chi connectivity index (χ2v) is 10.5. The first-order chi connectivity index (χ1) is 19.5. The molecule has 0 saturated carbocycles. The summed E-state index contributed by atoms with van der Waals surface area (Å²) in [4.78, 5) is 33.4. The number of allylic oxidation sites excluding steroid dienone is 1. The maximum atomic E-state index is 13.7. The van der Waals surface area contributed by atoms with E-state index in [2.05, 4.69) is 5.32 Å². The maximum Gasteiger partial charge on any atom is 0.338 e. The van der Waals surface area contributed by atoms with Crippen molar-refractivity contribution in [2.45, 2.75) is 44.9 Å². The first-order valence-electron chi connectivity index (χ1n) is 13.2. The number of nitrogens with zero attached hydrogens (tertiary/aromatic N) is 2. The molecule has 5 rings (SSSR count). The van der Waals surface area contributed by atoms with Crippen LogP contribution in [0.1, 0.15) is 43.4 Å². The molecule has 3 aliphatic rings. The molecule has 0 aromatic heterocycles. The molecular formula is C30H33N3O6S. The third-order valence-corrected chi connectivity index (χ3v) is 7.95. The summed E-state index contributed by atoms with van der Waals surface area (Å²) in [6, 6.07) is 14.3. The summed E-state index contributed by atoms with van der Waals surface area (Å²) in [6.07, 6.45) is 2.12. The lowest BCUT2D eigenvalue weighted by molar-refractivity contribution is -0.141. The Morgan fingerprint density at radius 1 is 1.15 bits per heavy atom. The number of nitrogens with one attached hydrogen (secondary N) is 1. The van der Waals surface area contributed by atoms with Crippen molar-refractivity contribution >= 4 is 28.8 Å². The van der Waals surface area contributed by atoms with E-state index in [1.54, 1.807) is 27.2 Å². The van der Waals surface area contributed by atoms with Gasteiger partial charge in [0.2, 0.25) is 5.91 Å². The van der Waals surface area contributed by atoms with Crippen molar-refractivity contribution in [3.63, 3.8) is 0 Å². The van der Waals surface area contributed by atoms with Gasteiger partial charge in [-0.2, -0.15) is 0 Å². The van der Waals surface area contributed by atoms with Gasteiger partial charge >= 0.3 is 5.97 Å². The van der Waals surface area contributed by atoms with Gasteiger partial charge in [-0.15, -0.1) is 0 Å². The van der Waals surface area contributed by atoms with Crippen LogP contribution in [0.5, 0.6) is 11.5 Å². The normalized spacial score (nSPS) is 20.0. The van der Waals surface area contributed by atoms with Crippen LogP contribution in [-0.2, 0) is 25.7 Å². The summed E-state index contributed by atoms with van der Waals surface area (Å²) < 4.78 is 22.7.